The molecule has 0 spiro atoms. The van der Waals surface area contributed by atoms with E-state index in [2.05, 4.69) is 5.32 Å². The molecular formula is C44H53NO15P2. The first-order chi connectivity index (χ1) is 29.4. The molecule has 1 saturated heterocycles. The normalized spacial score (nSPS) is 33.6. The third kappa shape index (κ3) is 8.01. The lowest BCUT2D eigenvalue weighted by atomic mass is 9.46. The summed E-state index contributed by atoms with van der Waals surface area (Å²) in [6, 6.07) is 15.7. The maximum absolute atomic E-state index is 14.4. The fourth-order valence-corrected chi connectivity index (χ4v) is 13.9. The standard InChI is InChI=1S/C44H53NO15P2/c1-5-10-39-57-38-22-35-33-16-15-27-21-28(47)17-18-42(27,3)40(33)36(23-43(35,4)44(38,58-39)37(48)25-54-26(2)46)59-62(52,53)60-61(50,51)56-20-19-45-41(49)55-24-34-31-13-8-6-11-29(31)30-12-7-9-14-32(30)34/h6-9,11-14,17-18,21,33-36,38-40H,5,10,15-16,19-20,22-25H2,1-4H3,(H,45,49)(H,50,51)(H,52,53)/t33-,35-,36-,38+,39?,40+,42-,43-,44+/m0/s1. The molecule has 2 aromatic rings. The number of phosphoric ester groups is 2. The second-order valence-electron chi connectivity index (χ2n) is 17.5. The van der Waals surface area contributed by atoms with Gasteiger partial charge < -0.3 is 34.1 Å². The molecule has 8 rings (SSSR count). The van der Waals surface area contributed by atoms with Crippen LogP contribution in [0, 0.1) is 28.6 Å². The van der Waals surface area contributed by atoms with Gasteiger partial charge in [0.1, 0.15) is 6.61 Å². The number of benzene rings is 2. The van der Waals surface area contributed by atoms with Gasteiger partial charge in [0.2, 0.25) is 5.78 Å². The molecule has 1 heterocycles. The van der Waals surface area contributed by atoms with Gasteiger partial charge in [0, 0.05) is 36.1 Å². The van der Waals surface area contributed by atoms with E-state index < -0.39 is 87.6 Å². The highest BCUT2D eigenvalue weighted by Gasteiger charge is 2.76. The molecule has 4 fully saturated rings. The van der Waals surface area contributed by atoms with Crippen molar-refractivity contribution < 1.29 is 70.4 Å². The molecular weight excluding hydrogens is 844 g/mol. The van der Waals surface area contributed by atoms with Gasteiger partial charge in [-0.15, -0.1) is 0 Å². The lowest BCUT2D eigenvalue weighted by molar-refractivity contribution is -0.200. The molecule has 0 radical (unpaired) electrons. The van der Waals surface area contributed by atoms with Crippen LogP contribution in [0.3, 0.4) is 0 Å². The molecule has 0 bridgehead atoms. The quantitative estimate of drug-likeness (QED) is 0.0924. The number of ketones is 2. The number of nitrogens with one attached hydrogen (secondary N) is 1. The van der Waals surface area contributed by atoms with Gasteiger partial charge in [0.15, 0.2) is 24.3 Å². The molecule has 334 valence electrons. The summed E-state index contributed by atoms with van der Waals surface area (Å²) in [5, 5.41) is 2.45. The summed E-state index contributed by atoms with van der Waals surface area (Å²) in [5.41, 5.74) is 1.42. The number of carbonyl (C=O) groups excluding carboxylic acids is 4. The predicted molar refractivity (Wildman–Crippen MR) is 221 cm³/mol. The monoisotopic (exact) mass is 897 g/mol. The van der Waals surface area contributed by atoms with Crippen molar-refractivity contribution in [1.82, 2.24) is 5.32 Å². The zero-order valence-corrected chi connectivity index (χ0v) is 36.8. The van der Waals surface area contributed by atoms with Crippen molar-refractivity contribution in [3.05, 3.63) is 83.5 Å². The minimum absolute atomic E-state index is 0.0409. The highest BCUT2D eigenvalue weighted by molar-refractivity contribution is 7.61. The van der Waals surface area contributed by atoms with Gasteiger partial charge in [0.25, 0.3) is 0 Å². The molecule has 3 N–H and O–H groups in total. The Kier molecular flexibility index (Phi) is 12.2. The summed E-state index contributed by atoms with van der Waals surface area (Å²) < 4.78 is 66.7. The summed E-state index contributed by atoms with van der Waals surface area (Å²) in [4.78, 5) is 73.4. The number of rotatable bonds is 15. The van der Waals surface area contributed by atoms with Gasteiger partial charge in [-0.3, -0.25) is 23.4 Å². The summed E-state index contributed by atoms with van der Waals surface area (Å²) in [7, 11) is -10.8. The molecule has 11 atom stereocenters. The smallest absolute Gasteiger partial charge is 0.458 e. The van der Waals surface area contributed by atoms with Crippen LogP contribution in [0.1, 0.15) is 83.3 Å². The molecule has 0 aromatic heterocycles. The van der Waals surface area contributed by atoms with Crippen LogP contribution in [0.4, 0.5) is 4.79 Å². The van der Waals surface area contributed by atoms with Gasteiger partial charge in [-0.25, -0.2) is 13.9 Å². The third-order valence-corrected chi connectivity index (χ3v) is 16.8. The Morgan fingerprint density at radius 2 is 1.68 bits per heavy atom. The highest BCUT2D eigenvalue weighted by atomic mass is 31.3. The molecule has 16 nitrogen and oxygen atoms in total. The van der Waals surface area contributed by atoms with Gasteiger partial charge in [-0.05, 0) is 78.3 Å². The molecule has 3 unspecified atom stereocenters. The van der Waals surface area contributed by atoms with Crippen molar-refractivity contribution in [2.75, 3.05) is 26.4 Å². The number of hydrogen-bond acceptors (Lipinski definition) is 13. The number of esters is 1. The SMILES string of the molecule is CCCC1O[C@@H]2C[C@H]3[C@@H]4CCC5=CC(=O)C=C[C@]5(C)[C@H]4[C@@H](OP(=O)(O)OP(=O)(O)OCCNC(=O)OCC4c5ccccc5-c5ccccc54)C[C@]3(C)[C@]2(C(=O)COC(C)=O)O1. The second kappa shape index (κ2) is 17.0. The van der Waals surface area contributed by atoms with Crippen LogP contribution in [0.5, 0.6) is 0 Å². The number of fused-ring (bicyclic) bond motifs is 10. The van der Waals surface area contributed by atoms with E-state index in [1.165, 1.54) is 13.0 Å². The topological polar surface area (TPSA) is 220 Å². The summed E-state index contributed by atoms with van der Waals surface area (Å²) in [6.07, 6.45) is 3.92. The Balaban J connectivity index is 0.962. The molecule has 6 aliphatic rings. The zero-order valence-electron chi connectivity index (χ0n) is 35.1. The van der Waals surface area contributed by atoms with Crippen LogP contribution in [-0.4, -0.2) is 83.9 Å². The highest BCUT2D eigenvalue weighted by Crippen LogP contribution is 2.72. The Morgan fingerprint density at radius 1 is 0.984 bits per heavy atom. The van der Waals surface area contributed by atoms with Gasteiger partial charge in [-0.1, -0.05) is 87.4 Å². The van der Waals surface area contributed by atoms with Crippen LogP contribution in [0.25, 0.3) is 11.1 Å². The predicted octanol–water partition coefficient (Wildman–Crippen LogP) is 7.08. The van der Waals surface area contributed by atoms with Gasteiger partial charge in [-0.2, -0.15) is 4.31 Å². The number of phosphoric acid groups is 2. The number of carbonyl (C=O) groups is 4. The Bertz CT molecular complexity index is 2250. The maximum Gasteiger partial charge on any atom is 0.481 e. The first kappa shape index (κ1) is 44.8. The molecule has 1 aliphatic heterocycles. The van der Waals surface area contributed by atoms with Gasteiger partial charge in [0.05, 0.1) is 18.8 Å². The van der Waals surface area contributed by atoms with E-state index >= 15 is 0 Å². The summed E-state index contributed by atoms with van der Waals surface area (Å²) >= 11 is 0. The fraction of sp³-hybridized carbons (Fsp3) is 0.545. The first-order valence-corrected chi connectivity index (χ1v) is 24.1. The lowest BCUT2D eigenvalue weighted by Gasteiger charge is -2.60. The largest absolute Gasteiger partial charge is 0.481 e. The van der Waals surface area contributed by atoms with Crippen LogP contribution < -0.4 is 5.32 Å². The van der Waals surface area contributed by atoms with E-state index in [1.807, 2.05) is 69.3 Å². The molecule has 2 aromatic carbocycles. The fourth-order valence-electron chi connectivity index (χ4n) is 11.7. The van der Waals surface area contributed by atoms with E-state index in [1.54, 1.807) is 12.2 Å². The first-order valence-electron chi connectivity index (χ1n) is 21.1. The third-order valence-electron chi connectivity index (χ3n) is 14.1. The van der Waals surface area contributed by atoms with Crippen molar-refractivity contribution in [2.24, 2.45) is 28.6 Å². The van der Waals surface area contributed by atoms with E-state index in [-0.39, 0.29) is 43.1 Å². The van der Waals surface area contributed by atoms with E-state index in [0.717, 1.165) is 27.8 Å². The van der Waals surface area contributed by atoms with Crippen LogP contribution in [-0.2, 0) is 55.8 Å². The molecule has 1 amide bonds. The molecule has 5 aliphatic carbocycles. The van der Waals surface area contributed by atoms with Crippen molar-refractivity contribution in [3.63, 3.8) is 0 Å². The number of allylic oxidation sites excluding steroid dienone is 4. The number of Topliss-reactive ketones (excluding diaryl/α,β-unsaturated/α-hetero) is 1. The number of alkyl carbamates (subject to hydrolysis) is 1. The number of amides is 1. The van der Waals surface area contributed by atoms with Crippen LogP contribution >= 0.6 is 15.6 Å². The van der Waals surface area contributed by atoms with Crippen molar-refractivity contribution in [1.29, 1.82) is 0 Å². The number of ether oxygens (including phenoxy) is 4. The van der Waals surface area contributed by atoms with E-state index in [9.17, 15) is 38.1 Å². The van der Waals surface area contributed by atoms with Crippen molar-refractivity contribution in [2.45, 2.75) is 96.2 Å². The Hall–Kier alpha value is -3.82. The Labute approximate surface area is 359 Å². The zero-order chi connectivity index (χ0) is 44.2. The van der Waals surface area contributed by atoms with Crippen molar-refractivity contribution >= 4 is 39.3 Å². The van der Waals surface area contributed by atoms with E-state index in [4.69, 9.17) is 32.3 Å². The van der Waals surface area contributed by atoms with E-state index in [0.29, 0.717) is 32.1 Å². The molecule has 62 heavy (non-hydrogen) atoms. The minimum atomic E-state index is -5.45. The van der Waals surface area contributed by atoms with Crippen LogP contribution in [0.15, 0.2) is 72.3 Å². The number of hydrogen-bond donors (Lipinski definition) is 3. The Morgan fingerprint density at radius 3 is 2.35 bits per heavy atom. The minimum Gasteiger partial charge on any atom is -0.458 e. The molecule has 18 heteroatoms. The summed E-state index contributed by atoms with van der Waals surface area (Å²) in [5.74, 6) is -2.63. The lowest BCUT2D eigenvalue weighted by Crippen LogP contribution is -2.64. The average Bonchev–Trinajstić information content (AvgIpc) is 3.82. The van der Waals surface area contributed by atoms with Crippen LogP contribution in [0.2, 0.25) is 0 Å². The molecule has 3 saturated carbocycles. The van der Waals surface area contributed by atoms with Gasteiger partial charge >= 0.3 is 27.7 Å². The average molecular weight is 898 g/mol. The maximum atomic E-state index is 14.4. The summed E-state index contributed by atoms with van der Waals surface area (Å²) in [6.45, 7) is 5.49. The second-order valence-corrected chi connectivity index (χ2v) is 20.5. The van der Waals surface area contributed by atoms with Crippen molar-refractivity contribution in [3.8, 4) is 11.1 Å².